The molecule has 1 heterocycles. The third-order valence-electron chi connectivity index (χ3n) is 3.38. The number of fused-ring (bicyclic) bond motifs is 1. The van der Waals surface area contributed by atoms with Gasteiger partial charge in [0.25, 0.3) is 0 Å². The van der Waals surface area contributed by atoms with E-state index in [9.17, 15) is 0 Å². The molecule has 0 fully saturated rings. The van der Waals surface area contributed by atoms with Crippen LogP contribution >= 0.6 is 27.5 Å². The Balaban J connectivity index is 1.78. The van der Waals surface area contributed by atoms with Gasteiger partial charge in [0, 0.05) is 10.9 Å². The van der Waals surface area contributed by atoms with E-state index in [2.05, 4.69) is 40.2 Å². The van der Waals surface area contributed by atoms with Crippen LogP contribution in [0.3, 0.4) is 0 Å². The van der Waals surface area contributed by atoms with Gasteiger partial charge < -0.3 is 4.74 Å². The van der Waals surface area contributed by atoms with Gasteiger partial charge in [0.1, 0.15) is 5.75 Å². The molecule has 98 valence electrons. The molecule has 0 aromatic heterocycles. The van der Waals surface area contributed by atoms with E-state index < -0.39 is 0 Å². The quantitative estimate of drug-likeness (QED) is 0.723. The standard InChI is InChI=1S/C16H14BrClO/c17-14-3-1-2-11(8-14)9-15(18)12-4-5-16-13(10-12)6-7-19-16/h1-5,8,10,15H,6-7,9H2. The van der Waals surface area contributed by atoms with Crippen LogP contribution in [0.1, 0.15) is 22.1 Å². The zero-order valence-electron chi connectivity index (χ0n) is 10.4. The van der Waals surface area contributed by atoms with Gasteiger partial charge >= 0.3 is 0 Å². The fourth-order valence-electron chi connectivity index (χ4n) is 2.39. The van der Waals surface area contributed by atoms with Gasteiger partial charge in [-0.25, -0.2) is 0 Å². The Bertz CT molecular complexity index is 597. The Kier molecular flexibility index (Phi) is 3.81. The van der Waals surface area contributed by atoms with Crippen molar-refractivity contribution in [3.05, 3.63) is 63.6 Å². The van der Waals surface area contributed by atoms with Crippen LogP contribution < -0.4 is 4.74 Å². The van der Waals surface area contributed by atoms with E-state index in [1.165, 1.54) is 16.7 Å². The summed E-state index contributed by atoms with van der Waals surface area (Å²) in [5, 5.41) is 0.000185. The molecule has 0 spiro atoms. The lowest BCUT2D eigenvalue weighted by Gasteiger charge is -2.11. The maximum atomic E-state index is 6.54. The van der Waals surface area contributed by atoms with E-state index in [4.69, 9.17) is 16.3 Å². The first-order valence-electron chi connectivity index (χ1n) is 6.36. The molecule has 0 saturated heterocycles. The summed E-state index contributed by atoms with van der Waals surface area (Å²) >= 11 is 10.0. The molecule has 2 aromatic carbocycles. The Labute approximate surface area is 126 Å². The lowest BCUT2D eigenvalue weighted by molar-refractivity contribution is 0.357. The summed E-state index contributed by atoms with van der Waals surface area (Å²) in [5.41, 5.74) is 3.69. The van der Waals surface area contributed by atoms with Crippen molar-refractivity contribution in [2.75, 3.05) is 6.61 Å². The summed E-state index contributed by atoms with van der Waals surface area (Å²) in [6.45, 7) is 0.789. The molecule has 19 heavy (non-hydrogen) atoms. The average molecular weight is 338 g/mol. The third-order valence-corrected chi connectivity index (χ3v) is 4.28. The first-order chi connectivity index (χ1) is 9.22. The fraction of sp³-hybridized carbons (Fsp3) is 0.250. The second-order valence-electron chi connectivity index (χ2n) is 4.77. The van der Waals surface area contributed by atoms with E-state index in [-0.39, 0.29) is 5.38 Å². The molecule has 2 aromatic rings. The molecule has 3 heteroatoms. The average Bonchev–Trinajstić information content (AvgIpc) is 2.85. The summed E-state index contributed by atoms with van der Waals surface area (Å²) in [6, 6.07) is 14.6. The minimum Gasteiger partial charge on any atom is -0.493 e. The number of alkyl halides is 1. The molecule has 3 rings (SSSR count). The van der Waals surface area contributed by atoms with Crippen molar-refractivity contribution >= 4 is 27.5 Å². The zero-order chi connectivity index (χ0) is 13.2. The van der Waals surface area contributed by atoms with E-state index in [0.717, 1.165) is 29.7 Å². The molecule has 0 radical (unpaired) electrons. The molecule has 0 aliphatic carbocycles. The molecular weight excluding hydrogens is 324 g/mol. The predicted octanol–water partition coefficient (Wildman–Crippen LogP) is 4.91. The summed E-state index contributed by atoms with van der Waals surface area (Å²) < 4.78 is 6.61. The van der Waals surface area contributed by atoms with Crippen LogP contribution in [-0.2, 0) is 12.8 Å². The van der Waals surface area contributed by atoms with Gasteiger partial charge in [-0.3, -0.25) is 0 Å². The molecule has 1 aliphatic heterocycles. The zero-order valence-corrected chi connectivity index (χ0v) is 12.7. The summed E-state index contributed by atoms with van der Waals surface area (Å²) in [5.74, 6) is 1.01. The first kappa shape index (κ1) is 13.0. The van der Waals surface area contributed by atoms with Gasteiger partial charge in [0.15, 0.2) is 0 Å². The molecular formula is C16H14BrClO. The monoisotopic (exact) mass is 336 g/mol. The minimum atomic E-state index is 0.000185. The van der Waals surface area contributed by atoms with Gasteiger partial charge in [-0.05, 0) is 41.3 Å². The summed E-state index contributed by atoms with van der Waals surface area (Å²) in [4.78, 5) is 0. The van der Waals surface area contributed by atoms with Gasteiger partial charge in [0.05, 0.1) is 12.0 Å². The van der Waals surface area contributed by atoms with Crippen LogP contribution in [0, 0.1) is 0 Å². The highest BCUT2D eigenvalue weighted by atomic mass is 79.9. The van der Waals surface area contributed by atoms with E-state index in [1.54, 1.807) is 0 Å². The summed E-state index contributed by atoms with van der Waals surface area (Å²) in [7, 11) is 0. The first-order valence-corrected chi connectivity index (χ1v) is 7.59. The van der Waals surface area contributed by atoms with E-state index >= 15 is 0 Å². The van der Waals surface area contributed by atoms with Gasteiger partial charge in [0.2, 0.25) is 0 Å². The summed E-state index contributed by atoms with van der Waals surface area (Å²) in [6.07, 6.45) is 1.82. The molecule has 1 nitrogen and oxygen atoms in total. The van der Waals surface area contributed by atoms with Crippen molar-refractivity contribution < 1.29 is 4.74 Å². The molecule has 1 unspecified atom stereocenters. The van der Waals surface area contributed by atoms with Crippen molar-refractivity contribution in [2.24, 2.45) is 0 Å². The van der Waals surface area contributed by atoms with E-state index in [0.29, 0.717) is 0 Å². The van der Waals surface area contributed by atoms with Crippen molar-refractivity contribution in [3.63, 3.8) is 0 Å². The van der Waals surface area contributed by atoms with Crippen LogP contribution in [0.5, 0.6) is 5.75 Å². The number of hydrogen-bond donors (Lipinski definition) is 0. The van der Waals surface area contributed by atoms with Crippen LogP contribution in [-0.4, -0.2) is 6.61 Å². The molecule has 0 bridgehead atoms. The van der Waals surface area contributed by atoms with Crippen LogP contribution in [0.15, 0.2) is 46.9 Å². The van der Waals surface area contributed by atoms with Crippen LogP contribution in [0.2, 0.25) is 0 Å². The lowest BCUT2D eigenvalue weighted by Crippen LogP contribution is -1.96. The molecule has 1 aliphatic rings. The topological polar surface area (TPSA) is 9.23 Å². The fourth-order valence-corrected chi connectivity index (χ4v) is 3.15. The van der Waals surface area contributed by atoms with Crippen molar-refractivity contribution in [1.82, 2.24) is 0 Å². The van der Waals surface area contributed by atoms with Crippen molar-refractivity contribution in [2.45, 2.75) is 18.2 Å². The van der Waals surface area contributed by atoms with Crippen molar-refractivity contribution in [3.8, 4) is 5.75 Å². The maximum absolute atomic E-state index is 6.54. The van der Waals surface area contributed by atoms with Crippen LogP contribution in [0.4, 0.5) is 0 Å². The third kappa shape index (κ3) is 2.96. The van der Waals surface area contributed by atoms with Crippen molar-refractivity contribution in [1.29, 1.82) is 0 Å². The highest BCUT2D eigenvalue weighted by molar-refractivity contribution is 9.10. The number of rotatable bonds is 3. The molecule has 1 atom stereocenters. The second kappa shape index (κ2) is 5.56. The highest BCUT2D eigenvalue weighted by Gasteiger charge is 2.15. The number of hydrogen-bond acceptors (Lipinski definition) is 1. The number of benzene rings is 2. The lowest BCUT2D eigenvalue weighted by atomic mass is 10.0. The predicted molar refractivity (Wildman–Crippen MR) is 82.1 cm³/mol. The van der Waals surface area contributed by atoms with Crippen LogP contribution in [0.25, 0.3) is 0 Å². The van der Waals surface area contributed by atoms with Gasteiger partial charge in [-0.15, -0.1) is 11.6 Å². The Morgan fingerprint density at radius 2 is 2.11 bits per heavy atom. The molecule has 0 saturated carbocycles. The van der Waals surface area contributed by atoms with Gasteiger partial charge in [-0.1, -0.05) is 40.2 Å². The molecule has 0 N–H and O–H groups in total. The largest absolute Gasteiger partial charge is 0.493 e. The maximum Gasteiger partial charge on any atom is 0.122 e. The Hall–Kier alpha value is -0.990. The van der Waals surface area contributed by atoms with E-state index in [1.807, 2.05) is 18.2 Å². The minimum absolute atomic E-state index is 0.000185. The number of ether oxygens (including phenoxy) is 1. The Morgan fingerprint density at radius 1 is 1.21 bits per heavy atom. The number of halogens is 2. The SMILES string of the molecule is ClC(Cc1cccc(Br)c1)c1ccc2c(c1)CCO2. The smallest absolute Gasteiger partial charge is 0.122 e. The molecule has 0 amide bonds. The second-order valence-corrected chi connectivity index (χ2v) is 6.21. The van der Waals surface area contributed by atoms with Gasteiger partial charge in [-0.2, -0.15) is 0 Å². The Morgan fingerprint density at radius 3 is 2.95 bits per heavy atom. The highest BCUT2D eigenvalue weighted by Crippen LogP contribution is 2.32. The normalized spacial score (nSPS) is 14.8.